The molecular formula is C17H17N3. The Hall–Kier alpha value is -2.16. The minimum absolute atomic E-state index is 0.836. The molecule has 1 aromatic carbocycles. The highest BCUT2D eigenvalue weighted by Gasteiger charge is 2.21. The quantitative estimate of drug-likeness (QED) is 0.669. The van der Waals surface area contributed by atoms with Gasteiger partial charge in [-0.05, 0) is 38.3 Å². The predicted octanol–water partition coefficient (Wildman–Crippen LogP) is 3.74. The van der Waals surface area contributed by atoms with Gasteiger partial charge in [-0.15, -0.1) is 0 Å². The van der Waals surface area contributed by atoms with E-state index in [2.05, 4.69) is 38.8 Å². The van der Waals surface area contributed by atoms with Crippen LogP contribution in [0.3, 0.4) is 0 Å². The van der Waals surface area contributed by atoms with E-state index in [1.54, 1.807) is 0 Å². The van der Waals surface area contributed by atoms with E-state index in [1.165, 1.54) is 35.0 Å². The first-order valence-corrected chi connectivity index (χ1v) is 7.25. The number of fused-ring (bicyclic) bond motifs is 3. The molecule has 4 rings (SSSR count). The van der Waals surface area contributed by atoms with Crippen LogP contribution in [-0.4, -0.2) is 14.5 Å². The van der Waals surface area contributed by atoms with Crippen LogP contribution in [0.1, 0.15) is 24.4 Å². The van der Waals surface area contributed by atoms with Crippen LogP contribution in [0.4, 0.5) is 0 Å². The van der Waals surface area contributed by atoms with Gasteiger partial charge in [0.15, 0.2) is 0 Å². The largest absolute Gasteiger partial charge is 0.344 e. The molecule has 1 aliphatic rings. The molecule has 3 aromatic rings. The smallest absolute Gasteiger partial charge is 0.125 e. The maximum Gasteiger partial charge on any atom is 0.125 e. The van der Waals surface area contributed by atoms with Gasteiger partial charge in [-0.25, -0.2) is 9.97 Å². The molecule has 0 amide bonds. The maximum atomic E-state index is 4.65. The molecule has 0 saturated heterocycles. The molecule has 0 radical (unpaired) electrons. The summed E-state index contributed by atoms with van der Waals surface area (Å²) in [6.07, 6.45) is 5.55. The summed E-state index contributed by atoms with van der Waals surface area (Å²) in [5.74, 6) is 0.836. The summed E-state index contributed by atoms with van der Waals surface area (Å²) in [4.78, 5) is 8.87. The third-order valence-electron chi connectivity index (χ3n) is 4.16. The first kappa shape index (κ1) is 11.6. The Morgan fingerprint density at radius 2 is 2.00 bits per heavy atom. The summed E-state index contributed by atoms with van der Waals surface area (Å²) >= 11 is 0. The van der Waals surface area contributed by atoms with Crippen LogP contribution in [0.5, 0.6) is 0 Å². The van der Waals surface area contributed by atoms with E-state index in [4.69, 9.17) is 0 Å². The molecule has 20 heavy (non-hydrogen) atoms. The lowest BCUT2D eigenvalue weighted by atomic mass is 10.0. The predicted molar refractivity (Wildman–Crippen MR) is 80.6 cm³/mol. The molecule has 0 unspecified atom stereocenters. The summed E-state index contributed by atoms with van der Waals surface area (Å²) in [5.41, 5.74) is 5.15. The highest BCUT2D eigenvalue weighted by Crippen LogP contribution is 2.36. The molecule has 100 valence electrons. The van der Waals surface area contributed by atoms with Gasteiger partial charge in [0, 0.05) is 34.9 Å². The number of rotatable bonds is 1. The fourth-order valence-electron chi connectivity index (χ4n) is 3.32. The molecule has 2 aromatic heterocycles. The van der Waals surface area contributed by atoms with E-state index in [9.17, 15) is 0 Å². The Labute approximate surface area is 118 Å². The number of benzene rings is 1. The Morgan fingerprint density at radius 1 is 1.10 bits per heavy atom. The van der Waals surface area contributed by atoms with Gasteiger partial charge in [-0.3, -0.25) is 0 Å². The zero-order chi connectivity index (χ0) is 13.5. The molecule has 3 heterocycles. The normalized spacial score (nSPS) is 14.4. The molecule has 0 atom stereocenters. The minimum atomic E-state index is 0.836. The summed E-state index contributed by atoms with van der Waals surface area (Å²) in [7, 11) is 0. The topological polar surface area (TPSA) is 30.7 Å². The Kier molecular flexibility index (Phi) is 2.59. The van der Waals surface area contributed by atoms with Crippen LogP contribution in [0.25, 0.3) is 22.2 Å². The zero-order valence-corrected chi connectivity index (χ0v) is 11.6. The third kappa shape index (κ3) is 1.66. The van der Waals surface area contributed by atoms with Crippen molar-refractivity contribution in [1.82, 2.24) is 14.5 Å². The Balaban J connectivity index is 2.08. The van der Waals surface area contributed by atoms with E-state index >= 15 is 0 Å². The highest BCUT2D eigenvalue weighted by atomic mass is 15.0. The monoisotopic (exact) mass is 263 g/mol. The average Bonchev–Trinajstić information content (AvgIpc) is 2.82. The number of hydrogen-bond acceptors (Lipinski definition) is 2. The number of aromatic nitrogens is 3. The van der Waals surface area contributed by atoms with Crippen molar-refractivity contribution in [3.63, 3.8) is 0 Å². The Bertz CT molecular complexity index is 786. The van der Waals surface area contributed by atoms with Gasteiger partial charge in [0.05, 0.1) is 5.69 Å². The van der Waals surface area contributed by atoms with Crippen LogP contribution in [0.2, 0.25) is 0 Å². The van der Waals surface area contributed by atoms with Gasteiger partial charge in [0.1, 0.15) is 5.82 Å². The van der Waals surface area contributed by atoms with Gasteiger partial charge in [-0.1, -0.05) is 18.2 Å². The van der Waals surface area contributed by atoms with Crippen molar-refractivity contribution >= 4 is 10.9 Å². The first-order chi connectivity index (χ1) is 9.84. The summed E-state index contributed by atoms with van der Waals surface area (Å²) in [6.45, 7) is 3.08. The summed E-state index contributed by atoms with van der Waals surface area (Å²) in [6, 6.07) is 10.7. The second kappa shape index (κ2) is 4.44. The fourth-order valence-corrected chi connectivity index (χ4v) is 3.32. The molecule has 0 N–H and O–H groups in total. The van der Waals surface area contributed by atoms with Gasteiger partial charge < -0.3 is 4.57 Å². The fraction of sp³-hybridized carbons (Fsp3) is 0.294. The molecule has 1 aliphatic heterocycles. The van der Waals surface area contributed by atoms with Crippen molar-refractivity contribution in [3.05, 3.63) is 48.0 Å². The van der Waals surface area contributed by atoms with Crippen LogP contribution >= 0.6 is 0 Å². The molecule has 0 spiro atoms. The lowest BCUT2D eigenvalue weighted by molar-refractivity contribution is 0.546. The standard InChI is InChI=1S/C17H17N3/c1-12-18-10-9-14(19-12)17-13-6-2-3-7-15(13)20-11-5-4-8-16(17)20/h2-3,6-7,9-10H,4-5,8,11H2,1H3. The Morgan fingerprint density at radius 3 is 2.90 bits per heavy atom. The van der Waals surface area contributed by atoms with Crippen molar-refractivity contribution < 1.29 is 0 Å². The van der Waals surface area contributed by atoms with Gasteiger partial charge in [-0.2, -0.15) is 0 Å². The van der Waals surface area contributed by atoms with Crippen molar-refractivity contribution in [2.24, 2.45) is 0 Å². The highest BCUT2D eigenvalue weighted by molar-refractivity contribution is 5.97. The van der Waals surface area contributed by atoms with E-state index in [1.807, 2.05) is 19.2 Å². The molecule has 0 bridgehead atoms. The minimum Gasteiger partial charge on any atom is -0.344 e. The lowest BCUT2D eigenvalue weighted by Gasteiger charge is -2.17. The summed E-state index contributed by atoms with van der Waals surface area (Å²) in [5, 5.41) is 1.32. The molecule has 3 heteroatoms. The molecule has 0 fully saturated rings. The second-order valence-electron chi connectivity index (χ2n) is 5.44. The maximum absolute atomic E-state index is 4.65. The van der Waals surface area contributed by atoms with Crippen molar-refractivity contribution in [3.8, 4) is 11.3 Å². The number of aryl methyl sites for hydroxylation is 2. The van der Waals surface area contributed by atoms with Crippen molar-refractivity contribution in [2.75, 3.05) is 0 Å². The second-order valence-corrected chi connectivity index (χ2v) is 5.44. The molecular weight excluding hydrogens is 246 g/mol. The SMILES string of the molecule is Cc1nccc(-c2c3n(c4ccccc24)CCCC3)n1. The van der Waals surface area contributed by atoms with Crippen LogP contribution in [0.15, 0.2) is 36.5 Å². The zero-order valence-electron chi connectivity index (χ0n) is 11.6. The van der Waals surface area contributed by atoms with E-state index < -0.39 is 0 Å². The number of nitrogens with zero attached hydrogens (tertiary/aromatic N) is 3. The van der Waals surface area contributed by atoms with E-state index in [0.717, 1.165) is 24.5 Å². The third-order valence-corrected chi connectivity index (χ3v) is 4.16. The van der Waals surface area contributed by atoms with Crippen molar-refractivity contribution in [2.45, 2.75) is 32.7 Å². The number of hydrogen-bond donors (Lipinski definition) is 0. The lowest BCUT2D eigenvalue weighted by Crippen LogP contribution is -2.10. The summed E-state index contributed by atoms with van der Waals surface area (Å²) < 4.78 is 2.48. The first-order valence-electron chi connectivity index (χ1n) is 7.25. The van der Waals surface area contributed by atoms with Crippen molar-refractivity contribution in [1.29, 1.82) is 0 Å². The average molecular weight is 263 g/mol. The van der Waals surface area contributed by atoms with Gasteiger partial charge in [0.25, 0.3) is 0 Å². The molecule has 0 saturated carbocycles. The van der Waals surface area contributed by atoms with Gasteiger partial charge >= 0.3 is 0 Å². The van der Waals surface area contributed by atoms with Crippen LogP contribution in [-0.2, 0) is 13.0 Å². The number of para-hydroxylation sites is 1. The van der Waals surface area contributed by atoms with Gasteiger partial charge in [0.2, 0.25) is 0 Å². The molecule has 3 nitrogen and oxygen atoms in total. The van der Waals surface area contributed by atoms with Crippen LogP contribution < -0.4 is 0 Å². The van der Waals surface area contributed by atoms with Crippen LogP contribution in [0, 0.1) is 6.92 Å². The molecule has 0 aliphatic carbocycles. The van der Waals surface area contributed by atoms with E-state index in [0.29, 0.717) is 0 Å². The van der Waals surface area contributed by atoms with E-state index in [-0.39, 0.29) is 0 Å².